The lowest BCUT2D eigenvalue weighted by molar-refractivity contribution is 0.0147. The van der Waals surface area contributed by atoms with E-state index in [1.807, 2.05) is 71.0 Å². The van der Waals surface area contributed by atoms with Crippen molar-refractivity contribution in [3.63, 3.8) is 0 Å². The Balaban J connectivity index is 2.86. The molecule has 0 bridgehead atoms. The van der Waals surface area contributed by atoms with E-state index in [2.05, 4.69) is 0 Å². The first kappa shape index (κ1) is 15.3. The van der Waals surface area contributed by atoms with Crippen molar-refractivity contribution in [1.82, 2.24) is 0 Å². The number of hydrogen-bond acceptors (Lipinski definition) is 3. The maximum absolute atomic E-state index is 11.7. The second kappa shape index (κ2) is 6.41. The summed E-state index contributed by atoms with van der Waals surface area (Å²) in [5.41, 5.74) is 0.304. The fraction of sp³-hybridized carbons (Fsp3) is 0.438. The third-order valence-electron chi connectivity index (χ3n) is 2.13. The minimum Gasteiger partial charge on any atom is -0.428 e. The van der Waals surface area contributed by atoms with Gasteiger partial charge in [-0.25, -0.2) is 4.79 Å². The van der Waals surface area contributed by atoms with Gasteiger partial charge in [0, 0.05) is 5.56 Å². The van der Waals surface area contributed by atoms with Crippen molar-refractivity contribution in [1.29, 1.82) is 0 Å². The maximum Gasteiger partial charge on any atom is 0.514 e. The third-order valence-corrected chi connectivity index (χ3v) is 2.13. The van der Waals surface area contributed by atoms with Crippen LogP contribution in [0, 0.1) is 5.92 Å². The highest BCUT2D eigenvalue weighted by Gasteiger charge is 2.19. The lowest BCUT2D eigenvalue weighted by Gasteiger charge is -2.19. The Labute approximate surface area is 115 Å². The average Bonchev–Trinajstić information content (AvgIpc) is 2.26. The number of benzene rings is 1. The molecule has 0 radical (unpaired) electrons. The molecule has 0 aliphatic rings. The Morgan fingerprint density at radius 3 is 2.21 bits per heavy atom. The predicted octanol–water partition coefficient (Wildman–Crippen LogP) is 4.64. The summed E-state index contributed by atoms with van der Waals surface area (Å²) in [5, 5.41) is 0. The fourth-order valence-electron chi connectivity index (χ4n) is 1.45. The predicted molar refractivity (Wildman–Crippen MR) is 76.6 cm³/mol. The molecule has 1 aromatic rings. The standard InChI is InChI=1S/C16H22O3/c1-12(2)11-14(13-9-7-6-8-10-13)18-15(17)19-16(3,4)5/h6-12H,1-5H3/b14-11-. The second-order valence-electron chi connectivity index (χ2n) is 5.71. The summed E-state index contributed by atoms with van der Waals surface area (Å²) in [7, 11) is 0. The van der Waals surface area contributed by atoms with Crippen LogP contribution in [0.2, 0.25) is 0 Å². The van der Waals surface area contributed by atoms with E-state index in [0.717, 1.165) is 5.56 Å². The van der Waals surface area contributed by atoms with Crippen LogP contribution in [-0.4, -0.2) is 11.8 Å². The molecule has 0 N–H and O–H groups in total. The summed E-state index contributed by atoms with van der Waals surface area (Å²) >= 11 is 0. The molecule has 104 valence electrons. The van der Waals surface area contributed by atoms with Gasteiger partial charge in [0.05, 0.1) is 0 Å². The summed E-state index contributed by atoms with van der Waals surface area (Å²) < 4.78 is 10.5. The van der Waals surface area contributed by atoms with Crippen LogP contribution in [0.4, 0.5) is 4.79 Å². The number of ether oxygens (including phenoxy) is 2. The van der Waals surface area contributed by atoms with E-state index in [1.165, 1.54) is 0 Å². The third kappa shape index (κ3) is 6.09. The average molecular weight is 262 g/mol. The van der Waals surface area contributed by atoms with E-state index in [9.17, 15) is 4.79 Å². The molecule has 19 heavy (non-hydrogen) atoms. The van der Waals surface area contributed by atoms with Crippen LogP contribution in [0.15, 0.2) is 36.4 Å². The first-order valence-electron chi connectivity index (χ1n) is 6.46. The highest BCUT2D eigenvalue weighted by Crippen LogP contribution is 2.20. The Bertz CT molecular complexity index is 439. The highest BCUT2D eigenvalue weighted by molar-refractivity contribution is 5.73. The fourth-order valence-corrected chi connectivity index (χ4v) is 1.45. The normalized spacial score (nSPS) is 12.4. The molecule has 0 spiro atoms. The van der Waals surface area contributed by atoms with Gasteiger partial charge in [-0.15, -0.1) is 0 Å². The quantitative estimate of drug-likeness (QED) is 0.588. The van der Waals surface area contributed by atoms with Crippen molar-refractivity contribution in [2.75, 3.05) is 0 Å². The SMILES string of the molecule is CC(C)/C=C(\OC(=O)OC(C)(C)C)c1ccccc1. The van der Waals surface area contributed by atoms with Gasteiger partial charge in [-0.2, -0.15) is 0 Å². The monoisotopic (exact) mass is 262 g/mol. The van der Waals surface area contributed by atoms with Crippen LogP contribution < -0.4 is 0 Å². The molecule has 1 aromatic carbocycles. The molecule has 0 fully saturated rings. The van der Waals surface area contributed by atoms with Crippen molar-refractivity contribution in [3.8, 4) is 0 Å². The zero-order valence-electron chi connectivity index (χ0n) is 12.3. The molecule has 0 unspecified atom stereocenters. The first-order valence-corrected chi connectivity index (χ1v) is 6.46. The number of hydrogen-bond donors (Lipinski definition) is 0. The van der Waals surface area contributed by atoms with E-state index >= 15 is 0 Å². The second-order valence-corrected chi connectivity index (χ2v) is 5.71. The number of rotatable bonds is 3. The summed E-state index contributed by atoms with van der Waals surface area (Å²) in [6, 6.07) is 9.53. The summed E-state index contributed by atoms with van der Waals surface area (Å²) in [6.07, 6.45) is 1.22. The van der Waals surface area contributed by atoms with Crippen molar-refractivity contribution >= 4 is 11.9 Å². The number of carbonyl (C=O) groups is 1. The van der Waals surface area contributed by atoms with Gasteiger partial charge in [0.25, 0.3) is 0 Å². The van der Waals surface area contributed by atoms with E-state index < -0.39 is 11.8 Å². The largest absolute Gasteiger partial charge is 0.514 e. The summed E-state index contributed by atoms with van der Waals surface area (Å²) in [5.74, 6) is 0.808. The molecule has 0 aromatic heterocycles. The molecule has 0 aliphatic heterocycles. The van der Waals surface area contributed by atoms with Crippen LogP contribution in [-0.2, 0) is 9.47 Å². The molecule has 0 saturated heterocycles. The van der Waals surface area contributed by atoms with E-state index in [0.29, 0.717) is 5.76 Å². The van der Waals surface area contributed by atoms with Crippen LogP contribution in [0.1, 0.15) is 40.2 Å². The van der Waals surface area contributed by atoms with Gasteiger partial charge in [0.2, 0.25) is 0 Å². The molecule has 3 heteroatoms. The maximum atomic E-state index is 11.7. The van der Waals surface area contributed by atoms with Gasteiger partial charge in [-0.05, 0) is 32.8 Å². The first-order chi connectivity index (χ1) is 8.78. The van der Waals surface area contributed by atoms with Crippen LogP contribution >= 0.6 is 0 Å². The highest BCUT2D eigenvalue weighted by atomic mass is 16.7. The van der Waals surface area contributed by atoms with Gasteiger partial charge < -0.3 is 9.47 Å². The molecule has 3 nitrogen and oxygen atoms in total. The Kier molecular flexibility index (Phi) is 5.16. The smallest absolute Gasteiger partial charge is 0.428 e. The molecule has 0 heterocycles. The van der Waals surface area contributed by atoms with Crippen molar-refractivity contribution in [2.24, 2.45) is 5.92 Å². The van der Waals surface area contributed by atoms with E-state index in [-0.39, 0.29) is 5.92 Å². The van der Waals surface area contributed by atoms with Gasteiger partial charge in [0.15, 0.2) is 0 Å². The minimum absolute atomic E-state index is 0.276. The molecule has 0 atom stereocenters. The minimum atomic E-state index is -0.678. The topological polar surface area (TPSA) is 35.5 Å². The van der Waals surface area contributed by atoms with Gasteiger partial charge in [-0.1, -0.05) is 44.2 Å². The zero-order valence-corrected chi connectivity index (χ0v) is 12.3. The number of carbonyl (C=O) groups excluding carboxylic acids is 1. The summed E-state index contributed by atoms with van der Waals surface area (Å²) in [6.45, 7) is 9.48. The molecule has 1 rings (SSSR count). The van der Waals surface area contributed by atoms with Gasteiger partial charge >= 0.3 is 6.16 Å². The van der Waals surface area contributed by atoms with Gasteiger partial charge in [0.1, 0.15) is 11.4 Å². The van der Waals surface area contributed by atoms with Crippen LogP contribution in [0.3, 0.4) is 0 Å². The van der Waals surface area contributed by atoms with Crippen molar-refractivity contribution < 1.29 is 14.3 Å². The van der Waals surface area contributed by atoms with Gasteiger partial charge in [-0.3, -0.25) is 0 Å². The zero-order chi connectivity index (χ0) is 14.5. The lowest BCUT2D eigenvalue weighted by Crippen LogP contribution is -2.24. The molecule has 0 amide bonds. The van der Waals surface area contributed by atoms with Crippen LogP contribution in [0.25, 0.3) is 5.76 Å². The molecule has 0 saturated carbocycles. The van der Waals surface area contributed by atoms with E-state index in [1.54, 1.807) is 0 Å². The Morgan fingerprint density at radius 2 is 1.74 bits per heavy atom. The lowest BCUT2D eigenvalue weighted by atomic mass is 10.1. The Morgan fingerprint density at radius 1 is 1.16 bits per heavy atom. The van der Waals surface area contributed by atoms with Crippen molar-refractivity contribution in [2.45, 2.75) is 40.2 Å². The number of allylic oxidation sites excluding steroid dienone is 1. The summed E-state index contributed by atoms with van der Waals surface area (Å²) in [4.78, 5) is 11.7. The Hall–Kier alpha value is -1.77. The molecule has 0 aliphatic carbocycles. The molecular formula is C16H22O3. The van der Waals surface area contributed by atoms with Crippen LogP contribution in [0.5, 0.6) is 0 Å². The molecular weight excluding hydrogens is 240 g/mol. The van der Waals surface area contributed by atoms with E-state index in [4.69, 9.17) is 9.47 Å². The van der Waals surface area contributed by atoms with Crippen molar-refractivity contribution in [3.05, 3.63) is 42.0 Å².